The van der Waals surface area contributed by atoms with Crippen LogP contribution in [0.1, 0.15) is 17.5 Å². The SMILES string of the molecule is C#CCS(=O)(=O)C(CCc1ccc(C)cc1)C(=O)O. The van der Waals surface area contributed by atoms with Gasteiger partial charge in [0.1, 0.15) is 5.75 Å². The number of aryl methyl sites for hydroxylation is 2. The summed E-state index contributed by atoms with van der Waals surface area (Å²) < 4.78 is 23.4. The van der Waals surface area contributed by atoms with Crippen molar-refractivity contribution >= 4 is 15.8 Å². The quantitative estimate of drug-likeness (QED) is 0.800. The van der Waals surface area contributed by atoms with E-state index < -0.39 is 26.8 Å². The molecule has 0 aromatic heterocycles. The molecule has 0 aliphatic heterocycles. The Morgan fingerprint density at radius 1 is 1.37 bits per heavy atom. The molecule has 0 saturated heterocycles. The van der Waals surface area contributed by atoms with Gasteiger partial charge in [-0.05, 0) is 25.3 Å². The minimum atomic E-state index is -3.79. The van der Waals surface area contributed by atoms with Gasteiger partial charge in [-0.2, -0.15) is 0 Å². The standard InChI is InChI=1S/C14H16O4S/c1-3-10-19(17,18)13(14(15)16)9-8-12-6-4-11(2)5-7-12/h1,4-7,13H,8-10H2,2H3,(H,15,16). The summed E-state index contributed by atoms with van der Waals surface area (Å²) in [6, 6.07) is 7.53. The van der Waals surface area contributed by atoms with Crippen molar-refractivity contribution in [2.75, 3.05) is 5.75 Å². The molecule has 0 fully saturated rings. The van der Waals surface area contributed by atoms with Crippen LogP contribution in [0.3, 0.4) is 0 Å². The van der Waals surface area contributed by atoms with Crippen LogP contribution in [0.2, 0.25) is 0 Å². The summed E-state index contributed by atoms with van der Waals surface area (Å²) in [6.07, 6.45) is 5.37. The molecule has 0 bridgehead atoms. The van der Waals surface area contributed by atoms with Gasteiger partial charge >= 0.3 is 5.97 Å². The van der Waals surface area contributed by atoms with Crippen LogP contribution in [0.15, 0.2) is 24.3 Å². The third kappa shape index (κ3) is 4.42. The molecular formula is C14H16O4S. The maximum atomic E-state index is 11.7. The molecule has 0 heterocycles. The Bertz CT molecular complexity index is 579. The Morgan fingerprint density at radius 2 is 1.95 bits per heavy atom. The Hall–Kier alpha value is -1.80. The fraction of sp³-hybridized carbons (Fsp3) is 0.357. The number of sulfone groups is 1. The van der Waals surface area contributed by atoms with Crippen LogP contribution in [-0.4, -0.2) is 30.5 Å². The van der Waals surface area contributed by atoms with E-state index in [1.807, 2.05) is 37.1 Å². The second-order valence-corrected chi connectivity index (χ2v) is 6.55. The number of carboxylic acids is 1. The van der Waals surface area contributed by atoms with Gasteiger partial charge in [-0.25, -0.2) is 8.42 Å². The lowest BCUT2D eigenvalue weighted by Gasteiger charge is -2.11. The molecule has 1 atom stereocenters. The fourth-order valence-electron chi connectivity index (χ4n) is 1.73. The van der Waals surface area contributed by atoms with Gasteiger partial charge in [0.25, 0.3) is 0 Å². The molecule has 0 aliphatic carbocycles. The van der Waals surface area contributed by atoms with E-state index in [4.69, 9.17) is 11.5 Å². The van der Waals surface area contributed by atoms with Crippen LogP contribution >= 0.6 is 0 Å². The van der Waals surface area contributed by atoms with Crippen LogP contribution in [-0.2, 0) is 21.1 Å². The molecule has 0 amide bonds. The van der Waals surface area contributed by atoms with Crippen LogP contribution < -0.4 is 0 Å². The van der Waals surface area contributed by atoms with Crippen molar-refractivity contribution < 1.29 is 18.3 Å². The summed E-state index contributed by atoms with van der Waals surface area (Å²) in [6.45, 7) is 1.95. The molecule has 0 saturated carbocycles. The highest BCUT2D eigenvalue weighted by atomic mass is 32.2. The van der Waals surface area contributed by atoms with Crippen LogP contribution in [0.25, 0.3) is 0 Å². The molecule has 1 aromatic carbocycles. The van der Waals surface area contributed by atoms with Gasteiger partial charge < -0.3 is 5.11 Å². The van der Waals surface area contributed by atoms with E-state index in [1.165, 1.54) is 0 Å². The van der Waals surface area contributed by atoms with Crippen molar-refractivity contribution in [3.05, 3.63) is 35.4 Å². The zero-order chi connectivity index (χ0) is 14.5. The number of hydrogen-bond acceptors (Lipinski definition) is 3. The van der Waals surface area contributed by atoms with Crippen molar-refractivity contribution in [3.8, 4) is 12.3 Å². The first-order valence-electron chi connectivity index (χ1n) is 5.80. The lowest BCUT2D eigenvalue weighted by molar-refractivity contribution is -0.136. The largest absolute Gasteiger partial charge is 0.480 e. The molecule has 1 N–H and O–H groups in total. The van der Waals surface area contributed by atoms with Gasteiger partial charge in [-0.3, -0.25) is 4.79 Å². The second kappa shape index (κ2) is 6.39. The maximum absolute atomic E-state index is 11.7. The van der Waals surface area contributed by atoms with Crippen LogP contribution in [0, 0.1) is 19.3 Å². The van der Waals surface area contributed by atoms with Gasteiger partial charge in [-0.15, -0.1) is 6.42 Å². The molecule has 4 nitrogen and oxygen atoms in total. The predicted octanol–water partition coefficient (Wildman–Crippen LogP) is 1.43. The van der Waals surface area contributed by atoms with E-state index in [9.17, 15) is 13.2 Å². The number of rotatable bonds is 6. The molecule has 102 valence electrons. The first kappa shape index (κ1) is 15.3. The highest BCUT2D eigenvalue weighted by molar-refractivity contribution is 7.92. The Balaban J connectivity index is 2.79. The summed E-state index contributed by atoms with van der Waals surface area (Å²) in [5, 5.41) is 7.57. The first-order chi connectivity index (χ1) is 8.86. The monoisotopic (exact) mass is 280 g/mol. The smallest absolute Gasteiger partial charge is 0.321 e. The average molecular weight is 280 g/mol. The van der Waals surface area contributed by atoms with Gasteiger partial charge in [0.15, 0.2) is 15.1 Å². The number of hydrogen-bond donors (Lipinski definition) is 1. The topological polar surface area (TPSA) is 71.4 Å². The first-order valence-corrected chi connectivity index (χ1v) is 7.51. The maximum Gasteiger partial charge on any atom is 0.321 e. The van der Waals surface area contributed by atoms with E-state index in [2.05, 4.69) is 0 Å². The Morgan fingerprint density at radius 3 is 2.42 bits per heavy atom. The summed E-state index contributed by atoms with van der Waals surface area (Å²) in [5.74, 6) is 0.109. The summed E-state index contributed by atoms with van der Waals surface area (Å²) in [5.41, 5.74) is 2.01. The molecule has 1 aromatic rings. The molecule has 0 spiro atoms. The molecule has 5 heteroatoms. The van der Waals surface area contributed by atoms with Crippen molar-refractivity contribution in [3.63, 3.8) is 0 Å². The molecule has 1 rings (SSSR count). The Labute approximate surface area is 113 Å². The average Bonchev–Trinajstić information content (AvgIpc) is 2.31. The number of benzene rings is 1. The third-order valence-electron chi connectivity index (χ3n) is 2.81. The summed E-state index contributed by atoms with van der Waals surface area (Å²) in [4.78, 5) is 11.0. The molecule has 19 heavy (non-hydrogen) atoms. The van der Waals surface area contributed by atoms with Crippen LogP contribution in [0.4, 0.5) is 0 Å². The highest BCUT2D eigenvalue weighted by Gasteiger charge is 2.31. The number of terminal acetylenes is 1. The van der Waals surface area contributed by atoms with Gasteiger partial charge in [0, 0.05) is 0 Å². The number of carboxylic acid groups (broad SMARTS) is 1. The van der Waals surface area contributed by atoms with Crippen molar-refractivity contribution in [2.24, 2.45) is 0 Å². The fourth-order valence-corrected chi connectivity index (χ4v) is 2.94. The van der Waals surface area contributed by atoms with Gasteiger partial charge in [0.2, 0.25) is 0 Å². The van der Waals surface area contributed by atoms with Crippen LogP contribution in [0.5, 0.6) is 0 Å². The van der Waals surface area contributed by atoms with Crippen molar-refractivity contribution in [1.82, 2.24) is 0 Å². The van der Waals surface area contributed by atoms with E-state index >= 15 is 0 Å². The highest BCUT2D eigenvalue weighted by Crippen LogP contribution is 2.13. The van der Waals surface area contributed by atoms with Gasteiger partial charge in [0.05, 0.1) is 0 Å². The lowest BCUT2D eigenvalue weighted by Crippen LogP contribution is -2.32. The normalized spacial score (nSPS) is 12.6. The minimum Gasteiger partial charge on any atom is -0.480 e. The van der Waals surface area contributed by atoms with Crippen molar-refractivity contribution in [1.29, 1.82) is 0 Å². The number of aliphatic carboxylic acids is 1. The predicted molar refractivity (Wildman–Crippen MR) is 73.5 cm³/mol. The summed E-state index contributed by atoms with van der Waals surface area (Å²) >= 11 is 0. The summed E-state index contributed by atoms with van der Waals surface area (Å²) in [7, 11) is -3.79. The van der Waals surface area contributed by atoms with Crippen molar-refractivity contribution in [2.45, 2.75) is 25.0 Å². The van der Waals surface area contributed by atoms with E-state index in [1.54, 1.807) is 0 Å². The Kier molecular flexibility index (Phi) is 5.13. The lowest BCUT2D eigenvalue weighted by atomic mass is 10.1. The zero-order valence-corrected chi connectivity index (χ0v) is 11.5. The zero-order valence-electron chi connectivity index (χ0n) is 10.7. The molecule has 0 radical (unpaired) electrons. The second-order valence-electron chi connectivity index (χ2n) is 4.36. The minimum absolute atomic E-state index is 0.0302. The third-order valence-corrected chi connectivity index (χ3v) is 4.68. The number of carbonyl (C=O) groups is 1. The van der Waals surface area contributed by atoms with E-state index in [0.29, 0.717) is 6.42 Å². The van der Waals surface area contributed by atoms with E-state index in [0.717, 1.165) is 11.1 Å². The van der Waals surface area contributed by atoms with E-state index in [-0.39, 0.29) is 6.42 Å². The molecule has 1 unspecified atom stereocenters. The molecule has 0 aliphatic rings. The van der Waals surface area contributed by atoms with Gasteiger partial charge in [-0.1, -0.05) is 35.7 Å². The molecular weight excluding hydrogens is 264 g/mol.